The standard InChI is InChI=1S/C12H23FN2/c1-10-3-8-15(9-12(10)13)11-4-6-14(2)7-5-11/h10-12H,3-9H2,1-2H3. The Morgan fingerprint density at radius 1 is 1.07 bits per heavy atom. The van der Waals surface area contributed by atoms with Gasteiger partial charge in [-0.1, -0.05) is 6.92 Å². The zero-order valence-corrected chi connectivity index (χ0v) is 9.95. The monoisotopic (exact) mass is 214 g/mol. The van der Waals surface area contributed by atoms with Crippen LogP contribution in [0.3, 0.4) is 0 Å². The average Bonchev–Trinajstić information content (AvgIpc) is 2.23. The molecular weight excluding hydrogens is 191 g/mol. The number of piperidine rings is 2. The normalized spacial score (nSPS) is 37.0. The minimum Gasteiger partial charge on any atom is -0.306 e. The third-order valence-electron chi connectivity index (χ3n) is 4.10. The number of nitrogens with zero attached hydrogens (tertiary/aromatic N) is 2. The number of rotatable bonds is 1. The summed E-state index contributed by atoms with van der Waals surface area (Å²) < 4.78 is 13.6. The minimum absolute atomic E-state index is 0.271. The molecule has 2 atom stereocenters. The second kappa shape index (κ2) is 4.79. The summed E-state index contributed by atoms with van der Waals surface area (Å²) >= 11 is 0. The predicted molar refractivity (Wildman–Crippen MR) is 60.8 cm³/mol. The van der Waals surface area contributed by atoms with Gasteiger partial charge < -0.3 is 4.90 Å². The van der Waals surface area contributed by atoms with Crippen molar-refractivity contribution in [1.29, 1.82) is 0 Å². The molecule has 2 fully saturated rings. The van der Waals surface area contributed by atoms with Crippen LogP contribution < -0.4 is 0 Å². The fourth-order valence-corrected chi connectivity index (χ4v) is 2.74. The minimum atomic E-state index is -0.599. The van der Waals surface area contributed by atoms with Crippen LogP contribution in [0, 0.1) is 5.92 Å². The maximum Gasteiger partial charge on any atom is 0.115 e. The molecule has 2 saturated heterocycles. The summed E-state index contributed by atoms with van der Waals surface area (Å²) in [6.45, 7) is 6.17. The number of likely N-dealkylation sites (tertiary alicyclic amines) is 2. The van der Waals surface area contributed by atoms with Gasteiger partial charge in [-0.3, -0.25) is 4.90 Å². The Bertz CT molecular complexity index is 202. The van der Waals surface area contributed by atoms with E-state index in [9.17, 15) is 4.39 Å². The molecule has 0 N–H and O–H groups in total. The van der Waals surface area contributed by atoms with E-state index in [-0.39, 0.29) is 5.92 Å². The van der Waals surface area contributed by atoms with Crippen LogP contribution in [0.5, 0.6) is 0 Å². The zero-order valence-electron chi connectivity index (χ0n) is 9.95. The van der Waals surface area contributed by atoms with Gasteiger partial charge in [-0.25, -0.2) is 4.39 Å². The first kappa shape index (κ1) is 11.3. The molecule has 0 amide bonds. The number of hydrogen-bond acceptors (Lipinski definition) is 2. The van der Waals surface area contributed by atoms with E-state index in [0.29, 0.717) is 12.6 Å². The molecule has 0 saturated carbocycles. The summed E-state index contributed by atoms with van der Waals surface area (Å²) in [5.41, 5.74) is 0. The quantitative estimate of drug-likeness (QED) is 0.656. The van der Waals surface area contributed by atoms with Crippen molar-refractivity contribution in [2.75, 3.05) is 33.2 Å². The van der Waals surface area contributed by atoms with Gasteiger partial charge in [0.25, 0.3) is 0 Å². The average molecular weight is 214 g/mol. The molecule has 15 heavy (non-hydrogen) atoms. The Balaban J connectivity index is 1.84. The molecule has 3 heteroatoms. The molecule has 0 aliphatic carbocycles. The van der Waals surface area contributed by atoms with E-state index >= 15 is 0 Å². The van der Waals surface area contributed by atoms with Crippen molar-refractivity contribution in [3.05, 3.63) is 0 Å². The molecule has 0 bridgehead atoms. The van der Waals surface area contributed by atoms with Crippen LogP contribution in [-0.4, -0.2) is 55.2 Å². The van der Waals surface area contributed by atoms with Gasteiger partial charge >= 0.3 is 0 Å². The van der Waals surface area contributed by atoms with Crippen LogP contribution in [0.1, 0.15) is 26.2 Å². The molecule has 88 valence electrons. The summed E-state index contributed by atoms with van der Waals surface area (Å²) in [7, 11) is 2.17. The lowest BCUT2D eigenvalue weighted by Gasteiger charge is -2.41. The van der Waals surface area contributed by atoms with E-state index < -0.39 is 6.17 Å². The molecule has 0 spiro atoms. The fraction of sp³-hybridized carbons (Fsp3) is 1.00. The first-order valence-electron chi connectivity index (χ1n) is 6.23. The van der Waals surface area contributed by atoms with Crippen LogP contribution in [0.15, 0.2) is 0 Å². The van der Waals surface area contributed by atoms with Crippen LogP contribution in [0.4, 0.5) is 4.39 Å². The molecule has 0 aromatic carbocycles. The first-order chi connectivity index (χ1) is 7.16. The van der Waals surface area contributed by atoms with E-state index in [4.69, 9.17) is 0 Å². The summed E-state index contributed by atoms with van der Waals surface area (Å²) in [6, 6.07) is 0.645. The van der Waals surface area contributed by atoms with Gasteiger partial charge in [0.1, 0.15) is 6.17 Å². The SMILES string of the molecule is CC1CCN(C2CCN(C)CC2)CC1F. The van der Waals surface area contributed by atoms with Crippen molar-refractivity contribution in [1.82, 2.24) is 9.80 Å². The smallest absolute Gasteiger partial charge is 0.115 e. The molecule has 2 heterocycles. The van der Waals surface area contributed by atoms with Crippen molar-refractivity contribution in [2.45, 2.75) is 38.4 Å². The first-order valence-corrected chi connectivity index (χ1v) is 6.23. The molecule has 2 unspecified atom stereocenters. The molecular formula is C12H23FN2. The number of hydrogen-bond donors (Lipinski definition) is 0. The highest BCUT2D eigenvalue weighted by molar-refractivity contribution is 4.85. The molecule has 0 aromatic rings. The Labute approximate surface area is 92.4 Å². The van der Waals surface area contributed by atoms with Crippen molar-refractivity contribution < 1.29 is 4.39 Å². The number of halogens is 1. The van der Waals surface area contributed by atoms with E-state index in [1.807, 2.05) is 6.92 Å². The van der Waals surface area contributed by atoms with Gasteiger partial charge in [0.15, 0.2) is 0 Å². The van der Waals surface area contributed by atoms with Crippen molar-refractivity contribution >= 4 is 0 Å². The summed E-state index contributed by atoms with van der Waals surface area (Å²) in [5, 5.41) is 0. The van der Waals surface area contributed by atoms with Crippen molar-refractivity contribution in [2.24, 2.45) is 5.92 Å². The van der Waals surface area contributed by atoms with Gasteiger partial charge in [0, 0.05) is 12.6 Å². The fourth-order valence-electron chi connectivity index (χ4n) is 2.74. The summed E-state index contributed by atoms with van der Waals surface area (Å²) in [4.78, 5) is 4.76. The van der Waals surface area contributed by atoms with E-state index in [2.05, 4.69) is 16.8 Å². The second-order valence-corrected chi connectivity index (χ2v) is 5.31. The van der Waals surface area contributed by atoms with Crippen molar-refractivity contribution in [3.63, 3.8) is 0 Å². The van der Waals surface area contributed by atoms with Crippen LogP contribution in [-0.2, 0) is 0 Å². The highest BCUT2D eigenvalue weighted by atomic mass is 19.1. The zero-order chi connectivity index (χ0) is 10.8. The Morgan fingerprint density at radius 2 is 1.73 bits per heavy atom. The lowest BCUT2D eigenvalue weighted by atomic mass is 9.93. The van der Waals surface area contributed by atoms with E-state index in [0.717, 1.165) is 13.0 Å². The highest BCUT2D eigenvalue weighted by Crippen LogP contribution is 2.25. The molecule has 2 rings (SSSR count). The third kappa shape index (κ3) is 2.70. The molecule has 0 radical (unpaired) electrons. The van der Waals surface area contributed by atoms with Crippen molar-refractivity contribution in [3.8, 4) is 0 Å². The van der Waals surface area contributed by atoms with Gasteiger partial charge in [-0.05, 0) is 51.9 Å². The van der Waals surface area contributed by atoms with E-state index in [1.54, 1.807) is 0 Å². The number of alkyl halides is 1. The van der Waals surface area contributed by atoms with Crippen LogP contribution >= 0.6 is 0 Å². The van der Waals surface area contributed by atoms with Gasteiger partial charge in [-0.2, -0.15) is 0 Å². The maximum atomic E-state index is 13.6. The van der Waals surface area contributed by atoms with Crippen LogP contribution in [0.2, 0.25) is 0 Å². The summed E-state index contributed by atoms with van der Waals surface area (Å²) in [5.74, 6) is 0.271. The van der Waals surface area contributed by atoms with Crippen LogP contribution in [0.25, 0.3) is 0 Å². The Hall–Kier alpha value is -0.150. The van der Waals surface area contributed by atoms with Gasteiger partial charge in [0.05, 0.1) is 0 Å². The van der Waals surface area contributed by atoms with E-state index in [1.165, 1.54) is 25.9 Å². The van der Waals surface area contributed by atoms with Gasteiger partial charge in [-0.15, -0.1) is 0 Å². The third-order valence-corrected chi connectivity index (χ3v) is 4.10. The Kier molecular flexibility index (Phi) is 3.62. The summed E-state index contributed by atoms with van der Waals surface area (Å²) in [6.07, 6.45) is 2.88. The lowest BCUT2D eigenvalue weighted by Crippen LogP contribution is -2.50. The largest absolute Gasteiger partial charge is 0.306 e. The Morgan fingerprint density at radius 3 is 2.33 bits per heavy atom. The second-order valence-electron chi connectivity index (χ2n) is 5.31. The molecule has 2 aliphatic rings. The predicted octanol–water partition coefficient (Wildman–Crippen LogP) is 1.76. The lowest BCUT2D eigenvalue weighted by molar-refractivity contribution is 0.0392. The maximum absolute atomic E-state index is 13.6. The van der Waals surface area contributed by atoms with Gasteiger partial charge in [0.2, 0.25) is 0 Å². The molecule has 2 aliphatic heterocycles. The topological polar surface area (TPSA) is 6.48 Å². The molecule has 2 nitrogen and oxygen atoms in total. The highest BCUT2D eigenvalue weighted by Gasteiger charge is 2.31. The molecule has 0 aromatic heterocycles.